The second-order valence-electron chi connectivity index (χ2n) is 5.56. The first-order chi connectivity index (χ1) is 9.16. The highest BCUT2D eigenvalue weighted by molar-refractivity contribution is 5.88. The average Bonchev–Trinajstić information content (AvgIpc) is 2.86. The number of hydrogen-bond donors (Lipinski definition) is 1. The highest BCUT2D eigenvalue weighted by Gasteiger charge is 2.35. The van der Waals surface area contributed by atoms with Crippen molar-refractivity contribution in [3.63, 3.8) is 0 Å². The summed E-state index contributed by atoms with van der Waals surface area (Å²) in [4.78, 5) is 13.1. The highest BCUT2D eigenvalue weighted by atomic mass is 19.1. The summed E-state index contributed by atoms with van der Waals surface area (Å²) in [6.07, 6.45) is 6.12. The maximum absolute atomic E-state index is 13.8. The summed E-state index contributed by atoms with van der Waals surface area (Å²) in [6.45, 7) is 0.951. The number of hydrogen-bond acceptors (Lipinski definition) is 2. The van der Waals surface area contributed by atoms with Crippen molar-refractivity contribution in [2.24, 2.45) is 5.92 Å². The Morgan fingerprint density at radius 3 is 2.79 bits per heavy atom. The summed E-state index contributed by atoms with van der Waals surface area (Å²) in [5.41, 5.74) is 0.586. The smallest absolute Gasteiger partial charge is 0.338 e. The molecule has 2 atom stereocenters. The van der Waals surface area contributed by atoms with Crippen molar-refractivity contribution in [3.8, 4) is 0 Å². The molecule has 0 aromatic heterocycles. The first-order valence-electron chi connectivity index (χ1n) is 6.96. The molecule has 0 radical (unpaired) electrons. The molecule has 102 valence electrons. The summed E-state index contributed by atoms with van der Waals surface area (Å²) in [5.74, 6) is -1.11. The minimum Gasteiger partial charge on any atom is -0.478 e. The second-order valence-corrected chi connectivity index (χ2v) is 5.56. The van der Waals surface area contributed by atoms with E-state index in [2.05, 4.69) is 4.90 Å². The van der Waals surface area contributed by atoms with E-state index < -0.39 is 11.8 Å². The molecule has 2 unspecified atom stereocenters. The van der Waals surface area contributed by atoms with Gasteiger partial charge < -0.3 is 10.0 Å². The largest absolute Gasteiger partial charge is 0.478 e. The number of carboxylic acid groups (broad SMARTS) is 1. The summed E-state index contributed by atoms with van der Waals surface area (Å²) in [5, 5.41) is 8.86. The number of carboxylic acids is 1. The van der Waals surface area contributed by atoms with Gasteiger partial charge in [0.25, 0.3) is 0 Å². The van der Waals surface area contributed by atoms with Crippen molar-refractivity contribution < 1.29 is 14.3 Å². The van der Waals surface area contributed by atoms with Crippen LogP contribution >= 0.6 is 0 Å². The molecule has 19 heavy (non-hydrogen) atoms. The zero-order chi connectivity index (χ0) is 13.4. The van der Waals surface area contributed by atoms with Crippen LogP contribution in [0.1, 0.15) is 42.5 Å². The van der Waals surface area contributed by atoms with Gasteiger partial charge in [-0.2, -0.15) is 0 Å². The third kappa shape index (κ3) is 2.20. The predicted octanol–water partition coefficient (Wildman–Crippen LogP) is 3.29. The van der Waals surface area contributed by atoms with Crippen LogP contribution in [0.15, 0.2) is 18.2 Å². The fourth-order valence-electron chi connectivity index (χ4n) is 3.63. The number of benzene rings is 1. The third-order valence-electron chi connectivity index (χ3n) is 4.51. The molecule has 0 spiro atoms. The Morgan fingerprint density at radius 2 is 2.05 bits per heavy atom. The van der Waals surface area contributed by atoms with Gasteiger partial charge in [0, 0.05) is 18.3 Å². The van der Waals surface area contributed by atoms with Crippen molar-refractivity contribution in [1.82, 2.24) is 0 Å². The van der Waals surface area contributed by atoms with Crippen LogP contribution in [0.2, 0.25) is 0 Å². The molecule has 2 aliphatic rings. The monoisotopic (exact) mass is 263 g/mol. The lowest BCUT2D eigenvalue weighted by Crippen LogP contribution is -2.42. The van der Waals surface area contributed by atoms with E-state index in [1.807, 2.05) is 0 Å². The van der Waals surface area contributed by atoms with Gasteiger partial charge in [0.05, 0.1) is 5.56 Å². The van der Waals surface area contributed by atoms with Gasteiger partial charge in [-0.3, -0.25) is 0 Å². The molecule has 1 aliphatic carbocycles. The van der Waals surface area contributed by atoms with E-state index in [0.29, 0.717) is 6.04 Å². The quantitative estimate of drug-likeness (QED) is 0.890. The Balaban J connectivity index is 1.89. The molecule has 1 saturated carbocycles. The molecule has 1 aromatic carbocycles. The maximum Gasteiger partial charge on any atom is 0.338 e. The summed E-state index contributed by atoms with van der Waals surface area (Å²) in [7, 11) is 0. The molecule has 0 bridgehead atoms. The zero-order valence-electron chi connectivity index (χ0n) is 10.8. The number of nitrogens with zero attached hydrogens (tertiary/aromatic N) is 1. The van der Waals surface area contributed by atoms with Crippen LogP contribution in [0, 0.1) is 11.7 Å². The summed E-state index contributed by atoms with van der Waals surface area (Å²) >= 11 is 0. The lowest BCUT2D eigenvalue weighted by Gasteiger charge is -2.39. The lowest BCUT2D eigenvalue weighted by molar-refractivity contribution is 0.0692. The fraction of sp³-hybridized carbons (Fsp3) is 0.533. The molecule has 4 heteroatoms. The standard InChI is InChI=1S/C15H18FNO2/c16-13-9-11(6-7-12(13)15(18)19)17-8-2-4-10-3-1-5-14(10)17/h6-7,9-10,14H,1-5,8H2,(H,18,19). The number of anilines is 1. The van der Waals surface area contributed by atoms with E-state index >= 15 is 0 Å². The van der Waals surface area contributed by atoms with Crippen LogP contribution in [-0.4, -0.2) is 23.7 Å². The second kappa shape index (κ2) is 4.83. The highest BCUT2D eigenvalue weighted by Crippen LogP contribution is 2.39. The van der Waals surface area contributed by atoms with Crippen molar-refractivity contribution in [2.75, 3.05) is 11.4 Å². The molecule has 1 aliphatic heterocycles. The molecule has 1 heterocycles. The van der Waals surface area contributed by atoms with Crippen LogP contribution in [-0.2, 0) is 0 Å². The van der Waals surface area contributed by atoms with Gasteiger partial charge in [0.1, 0.15) is 5.82 Å². The minimum absolute atomic E-state index is 0.247. The summed E-state index contributed by atoms with van der Waals surface area (Å²) in [6, 6.07) is 5.02. The number of piperidine rings is 1. The van der Waals surface area contributed by atoms with Gasteiger partial charge in [0.2, 0.25) is 0 Å². The third-order valence-corrected chi connectivity index (χ3v) is 4.51. The Morgan fingerprint density at radius 1 is 1.26 bits per heavy atom. The summed E-state index contributed by atoms with van der Waals surface area (Å²) < 4.78 is 13.8. The molecule has 3 nitrogen and oxygen atoms in total. The number of aromatic carboxylic acids is 1. The Hall–Kier alpha value is -1.58. The molecule has 1 aromatic rings. The van der Waals surface area contributed by atoms with Crippen molar-refractivity contribution in [3.05, 3.63) is 29.6 Å². The molecular weight excluding hydrogens is 245 g/mol. The van der Waals surface area contributed by atoms with Gasteiger partial charge in [-0.1, -0.05) is 6.42 Å². The topological polar surface area (TPSA) is 40.5 Å². The first kappa shape index (κ1) is 12.5. The minimum atomic E-state index is -1.21. The van der Waals surface area contributed by atoms with Crippen LogP contribution in [0.25, 0.3) is 0 Å². The number of rotatable bonds is 2. The molecule has 2 fully saturated rings. The average molecular weight is 263 g/mol. The van der Waals surface area contributed by atoms with Crippen molar-refractivity contribution >= 4 is 11.7 Å². The van der Waals surface area contributed by atoms with E-state index in [1.165, 1.54) is 37.8 Å². The van der Waals surface area contributed by atoms with Crippen LogP contribution in [0.3, 0.4) is 0 Å². The van der Waals surface area contributed by atoms with Crippen molar-refractivity contribution in [1.29, 1.82) is 0 Å². The maximum atomic E-state index is 13.8. The van der Waals surface area contributed by atoms with Crippen LogP contribution in [0.5, 0.6) is 0 Å². The van der Waals surface area contributed by atoms with E-state index in [4.69, 9.17) is 5.11 Å². The van der Waals surface area contributed by atoms with Crippen LogP contribution < -0.4 is 4.90 Å². The van der Waals surface area contributed by atoms with E-state index in [9.17, 15) is 9.18 Å². The Bertz CT molecular complexity index is 503. The van der Waals surface area contributed by atoms with Gasteiger partial charge in [-0.25, -0.2) is 9.18 Å². The van der Waals surface area contributed by atoms with E-state index in [0.717, 1.165) is 24.6 Å². The lowest BCUT2D eigenvalue weighted by atomic mass is 9.91. The van der Waals surface area contributed by atoms with Gasteiger partial charge in [-0.05, 0) is 49.8 Å². The number of halogens is 1. The normalized spacial score (nSPS) is 26.3. The molecule has 1 saturated heterocycles. The Kier molecular flexibility index (Phi) is 3.17. The Labute approximate surface area is 112 Å². The number of fused-ring (bicyclic) bond motifs is 1. The predicted molar refractivity (Wildman–Crippen MR) is 71.1 cm³/mol. The van der Waals surface area contributed by atoms with E-state index in [-0.39, 0.29) is 5.56 Å². The van der Waals surface area contributed by atoms with Crippen molar-refractivity contribution in [2.45, 2.75) is 38.1 Å². The van der Waals surface area contributed by atoms with E-state index in [1.54, 1.807) is 6.07 Å². The van der Waals surface area contributed by atoms with Gasteiger partial charge in [0.15, 0.2) is 0 Å². The number of carbonyl (C=O) groups is 1. The first-order valence-corrected chi connectivity index (χ1v) is 6.96. The zero-order valence-corrected chi connectivity index (χ0v) is 10.8. The fourth-order valence-corrected chi connectivity index (χ4v) is 3.63. The molecular formula is C15H18FNO2. The molecule has 3 rings (SSSR count). The molecule has 1 N–H and O–H groups in total. The van der Waals surface area contributed by atoms with Gasteiger partial charge in [-0.15, -0.1) is 0 Å². The van der Waals surface area contributed by atoms with Gasteiger partial charge >= 0.3 is 5.97 Å². The SMILES string of the molecule is O=C(O)c1ccc(N2CCCC3CCCC32)cc1F. The molecule has 0 amide bonds. The van der Waals surface area contributed by atoms with Crippen LogP contribution in [0.4, 0.5) is 10.1 Å².